The fourth-order valence-corrected chi connectivity index (χ4v) is 3.18. The number of likely N-dealkylation sites (tertiary alicyclic amines) is 1. The van der Waals surface area contributed by atoms with E-state index in [1.165, 1.54) is 18.2 Å². The maximum absolute atomic E-state index is 13.1. The molecule has 0 spiro atoms. The summed E-state index contributed by atoms with van der Waals surface area (Å²) in [6.45, 7) is 3.00. The molecule has 3 rings (SSSR count). The van der Waals surface area contributed by atoms with Gasteiger partial charge in [-0.05, 0) is 38.1 Å². The number of phenols is 1. The third kappa shape index (κ3) is 6.19. The number of H-pyrrole nitrogens is 1. The molecule has 3 N–H and O–H groups in total. The van der Waals surface area contributed by atoms with Gasteiger partial charge in [-0.25, -0.2) is 9.49 Å². The molecule has 1 aliphatic rings. The van der Waals surface area contributed by atoms with Crippen molar-refractivity contribution in [1.29, 1.82) is 0 Å². The number of nitrogens with one attached hydrogen (secondary N) is 2. The zero-order chi connectivity index (χ0) is 18.5. The van der Waals surface area contributed by atoms with Gasteiger partial charge in [0.15, 0.2) is 5.78 Å². The summed E-state index contributed by atoms with van der Waals surface area (Å²) < 4.78 is 13.1. The Labute approximate surface area is 174 Å². The molecule has 1 fully saturated rings. The van der Waals surface area contributed by atoms with Gasteiger partial charge in [0.25, 0.3) is 5.56 Å². The number of phenolic OH excluding ortho intramolecular Hbond substituents is 1. The van der Waals surface area contributed by atoms with Gasteiger partial charge in [-0.2, -0.15) is 5.10 Å². The van der Waals surface area contributed by atoms with Gasteiger partial charge in [0.1, 0.15) is 11.6 Å². The number of nitrogens with zero attached hydrogens (tertiary/aromatic N) is 2. The number of ketones is 1. The van der Waals surface area contributed by atoms with Crippen molar-refractivity contribution in [2.75, 3.05) is 31.5 Å². The number of carbonyl (C=O) groups is 1. The predicted molar refractivity (Wildman–Crippen MR) is 109 cm³/mol. The first-order valence-electron chi connectivity index (χ1n) is 8.56. The van der Waals surface area contributed by atoms with E-state index in [1.807, 2.05) is 0 Å². The van der Waals surface area contributed by atoms with Crippen LogP contribution < -0.4 is 10.9 Å². The highest BCUT2D eigenvalue weighted by atomic mass is 35.5. The molecular weight excluding hydrogens is 410 g/mol. The molecule has 154 valence electrons. The van der Waals surface area contributed by atoms with E-state index in [4.69, 9.17) is 0 Å². The zero-order valence-corrected chi connectivity index (χ0v) is 16.7. The van der Waals surface area contributed by atoms with E-state index in [9.17, 15) is 19.1 Å². The highest BCUT2D eigenvalue weighted by molar-refractivity contribution is 6.00. The fraction of sp³-hybridized carbons (Fsp3) is 0.389. The summed E-state index contributed by atoms with van der Waals surface area (Å²) in [5.74, 6) is -1.15. The lowest BCUT2D eigenvalue weighted by molar-refractivity contribution is 0.0840. The van der Waals surface area contributed by atoms with E-state index < -0.39 is 5.82 Å². The molecule has 0 atom stereocenters. The molecule has 0 radical (unpaired) electrons. The van der Waals surface area contributed by atoms with Crippen LogP contribution in [0, 0.1) is 11.7 Å². The van der Waals surface area contributed by atoms with E-state index in [0.717, 1.165) is 25.7 Å². The predicted octanol–water partition coefficient (Wildman–Crippen LogP) is 2.46. The normalized spacial score (nSPS) is 14.6. The first-order chi connectivity index (χ1) is 12.5. The van der Waals surface area contributed by atoms with Gasteiger partial charge in [-0.3, -0.25) is 9.59 Å². The number of anilines is 1. The standard InChI is InChI=1S/C18H21FN4O3.2ClH/c19-13-1-2-15(16(24)9-13)18(26)12-3-6-23(7-4-12)8-5-20-14-10-17(25)22-21-11-14;;/h1-2,9-12,24H,3-8H2,(H2,20,22,25);2*1H. The molecular formula is C18H23Cl2FN4O3. The van der Waals surface area contributed by atoms with Crippen molar-refractivity contribution in [3.63, 3.8) is 0 Å². The lowest BCUT2D eigenvalue weighted by Crippen LogP contribution is -2.38. The highest BCUT2D eigenvalue weighted by Gasteiger charge is 2.27. The van der Waals surface area contributed by atoms with Crippen LogP contribution in [0.4, 0.5) is 10.1 Å². The lowest BCUT2D eigenvalue weighted by Gasteiger charge is -2.31. The summed E-state index contributed by atoms with van der Waals surface area (Å²) in [5, 5.41) is 19.0. The average Bonchev–Trinajstić information content (AvgIpc) is 2.62. The average molecular weight is 433 g/mol. The number of benzene rings is 1. The third-order valence-corrected chi connectivity index (χ3v) is 4.61. The second-order valence-corrected chi connectivity index (χ2v) is 6.40. The second-order valence-electron chi connectivity index (χ2n) is 6.40. The first kappa shape index (κ1) is 23.9. The minimum absolute atomic E-state index is 0. The largest absolute Gasteiger partial charge is 0.507 e. The van der Waals surface area contributed by atoms with Gasteiger partial charge < -0.3 is 15.3 Å². The Bertz CT molecular complexity index is 842. The van der Waals surface area contributed by atoms with Crippen LogP contribution in [0.15, 0.2) is 35.3 Å². The minimum Gasteiger partial charge on any atom is -0.507 e. The Kier molecular flexibility index (Phi) is 9.37. The molecule has 28 heavy (non-hydrogen) atoms. The van der Waals surface area contributed by atoms with Crippen LogP contribution in [-0.2, 0) is 0 Å². The summed E-state index contributed by atoms with van der Waals surface area (Å²) in [6.07, 6.45) is 2.95. The van der Waals surface area contributed by atoms with E-state index in [2.05, 4.69) is 20.4 Å². The number of aromatic hydroxyl groups is 1. The Morgan fingerprint density at radius 3 is 2.64 bits per heavy atom. The SMILES string of the molecule is Cl.Cl.O=C(c1ccc(F)cc1O)C1CCN(CCNc2cn[nH]c(=O)c2)CC1. The van der Waals surface area contributed by atoms with Crippen LogP contribution in [0.3, 0.4) is 0 Å². The van der Waals surface area contributed by atoms with Crippen LogP contribution in [0.1, 0.15) is 23.2 Å². The summed E-state index contributed by atoms with van der Waals surface area (Å²) in [5.41, 5.74) is 0.609. The molecule has 0 saturated carbocycles. The summed E-state index contributed by atoms with van der Waals surface area (Å²) in [4.78, 5) is 25.9. The van der Waals surface area contributed by atoms with Crippen molar-refractivity contribution in [1.82, 2.24) is 15.1 Å². The Morgan fingerprint density at radius 2 is 2.00 bits per heavy atom. The molecule has 0 aliphatic carbocycles. The highest BCUT2D eigenvalue weighted by Crippen LogP contribution is 2.26. The number of halogens is 3. The summed E-state index contributed by atoms with van der Waals surface area (Å²) in [6, 6.07) is 4.96. The van der Waals surface area contributed by atoms with Crippen LogP contribution >= 0.6 is 24.8 Å². The van der Waals surface area contributed by atoms with Gasteiger partial charge >= 0.3 is 0 Å². The number of hydrogen-bond acceptors (Lipinski definition) is 6. The molecule has 0 bridgehead atoms. The van der Waals surface area contributed by atoms with E-state index in [0.29, 0.717) is 25.1 Å². The maximum atomic E-state index is 13.1. The van der Waals surface area contributed by atoms with Crippen LogP contribution in [0.5, 0.6) is 5.75 Å². The van der Waals surface area contributed by atoms with E-state index >= 15 is 0 Å². The van der Waals surface area contributed by atoms with Crippen LogP contribution in [0.2, 0.25) is 0 Å². The third-order valence-electron chi connectivity index (χ3n) is 4.61. The summed E-state index contributed by atoms with van der Waals surface area (Å²) >= 11 is 0. The van der Waals surface area contributed by atoms with Gasteiger partial charge in [0, 0.05) is 31.1 Å². The van der Waals surface area contributed by atoms with Crippen molar-refractivity contribution in [2.45, 2.75) is 12.8 Å². The van der Waals surface area contributed by atoms with E-state index in [1.54, 1.807) is 6.20 Å². The number of Topliss-reactive ketones (excluding diaryl/α,β-unsaturated/α-hetero) is 1. The Morgan fingerprint density at radius 1 is 1.29 bits per heavy atom. The lowest BCUT2D eigenvalue weighted by atomic mass is 9.88. The molecule has 10 heteroatoms. The van der Waals surface area contributed by atoms with Crippen LogP contribution in [0.25, 0.3) is 0 Å². The van der Waals surface area contributed by atoms with Gasteiger partial charge in [-0.1, -0.05) is 0 Å². The number of carbonyl (C=O) groups excluding carboxylic acids is 1. The Hall–Kier alpha value is -2.16. The number of hydrogen-bond donors (Lipinski definition) is 3. The van der Waals surface area contributed by atoms with Crippen molar-refractivity contribution >= 4 is 36.3 Å². The fourth-order valence-electron chi connectivity index (χ4n) is 3.18. The quantitative estimate of drug-likeness (QED) is 0.606. The van der Waals surface area contributed by atoms with Crippen molar-refractivity contribution in [3.8, 4) is 5.75 Å². The van der Waals surface area contributed by atoms with Gasteiger partial charge in [-0.15, -0.1) is 24.8 Å². The molecule has 7 nitrogen and oxygen atoms in total. The maximum Gasteiger partial charge on any atom is 0.266 e. The molecule has 2 heterocycles. The van der Waals surface area contributed by atoms with Crippen molar-refractivity contribution in [3.05, 3.63) is 52.2 Å². The zero-order valence-electron chi connectivity index (χ0n) is 15.1. The smallest absolute Gasteiger partial charge is 0.266 e. The van der Waals surface area contributed by atoms with E-state index in [-0.39, 0.29) is 53.4 Å². The molecule has 0 amide bonds. The van der Waals surface area contributed by atoms with Crippen molar-refractivity contribution in [2.24, 2.45) is 5.92 Å². The molecule has 1 aromatic carbocycles. The monoisotopic (exact) mass is 432 g/mol. The van der Waals surface area contributed by atoms with Gasteiger partial charge in [0.05, 0.1) is 17.4 Å². The number of piperidine rings is 1. The Balaban J connectivity index is 0.00000196. The first-order valence-corrected chi connectivity index (χ1v) is 8.56. The second kappa shape index (κ2) is 11.0. The topological polar surface area (TPSA) is 98.3 Å². The van der Waals surface area contributed by atoms with Crippen LogP contribution in [-0.4, -0.2) is 52.2 Å². The van der Waals surface area contributed by atoms with Gasteiger partial charge in [0.2, 0.25) is 0 Å². The number of rotatable bonds is 6. The molecule has 1 saturated heterocycles. The van der Waals surface area contributed by atoms with Crippen molar-refractivity contribution < 1.29 is 14.3 Å². The molecule has 2 aromatic rings. The minimum atomic E-state index is -0.558. The number of aromatic amines is 1. The molecule has 1 aromatic heterocycles. The number of aromatic nitrogens is 2. The summed E-state index contributed by atoms with van der Waals surface area (Å²) in [7, 11) is 0. The molecule has 1 aliphatic heterocycles. The molecule has 0 unspecified atom stereocenters.